The molecule has 9 nitrogen and oxygen atoms in total. The molecule has 206 valence electrons. The number of aryl methyl sites for hydroxylation is 2. The minimum Gasteiger partial charge on any atom is -0.459 e. The van der Waals surface area contributed by atoms with E-state index in [4.69, 9.17) is 9.47 Å². The second kappa shape index (κ2) is 13.7. The molecule has 1 heterocycles. The van der Waals surface area contributed by atoms with Crippen LogP contribution in [0, 0.1) is 6.92 Å². The van der Waals surface area contributed by atoms with Crippen LogP contribution in [0.2, 0.25) is 0 Å². The monoisotopic (exact) mass is 540 g/mol. The number of aromatic nitrogens is 2. The summed E-state index contributed by atoms with van der Waals surface area (Å²) in [4.78, 5) is 38.5. The molecule has 0 saturated heterocycles. The summed E-state index contributed by atoms with van der Waals surface area (Å²) in [6.07, 6.45) is 0.991. The van der Waals surface area contributed by atoms with Gasteiger partial charge in [-0.3, -0.25) is 9.48 Å². The van der Waals surface area contributed by atoms with E-state index in [1.165, 1.54) is 0 Å². The average molecular weight is 541 g/mol. The van der Waals surface area contributed by atoms with E-state index in [0.29, 0.717) is 12.1 Å². The Morgan fingerprint density at radius 1 is 0.875 bits per heavy atom. The van der Waals surface area contributed by atoms with Gasteiger partial charge in [0.15, 0.2) is 0 Å². The summed E-state index contributed by atoms with van der Waals surface area (Å²) >= 11 is 0. The molecule has 1 atom stereocenters. The Balaban J connectivity index is 1.42. The Hall–Kier alpha value is -4.92. The highest BCUT2D eigenvalue weighted by Crippen LogP contribution is 2.24. The van der Waals surface area contributed by atoms with E-state index in [2.05, 4.69) is 15.7 Å². The summed E-state index contributed by atoms with van der Waals surface area (Å²) in [7, 11) is 0. The molecule has 2 N–H and O–H groups in total. The first kappa shape index (κ1) is 28.1. The standard InChI is InChI=1S/C31H32N4O5/c1-3-35-28(22(2)18-33-35)25-15-10-16-26(17-25)29(36)32-19-27(30(37)39-20-23-11-6-4-7-12-23)34-31(38)40-21-24-13-8-5-9-14-24/h4-18,27H,3,19-21H2,1-2H3,(H,32,36)(H,34,38)/t27-/m1/s1. The lowest BCUT2D eigenvalue weighted by Crippen LogP contribution is -2.49. The molecule has 0 aliphatic carbocycles. The molecule has 0 fully saturated rings. The molecule has 40 heavy (non-hydrogen) atoms. The van der Waals surface area contributed by atoms with Gasteiger partial charge in [0.25, 0.3) is 5.91 Å². The Kier molecular flexibility index (Phi) is 9.66. The van der Waals surface area contributed by atoms with Crippen LogP contribution in [0.5, 0.6) is 0 Å². The number of carbonyl (C=O) groups is 3. The lowest BCUT2D eigenvalue weighted by molar-refractivity contribution is -0.147. The van der Waals surface area contributed by atoms with Crippen LogP contribution in [-0.2, 0) is 34.0 Å². The first-order chi connectivity index (χ1) is 19.4. The Labute approximate surface area is 233 Å². The Bertz CT molecular complexity index is 1440. The van der Waals surface area contributed by atoms with Gasteiger partial charge in [-0.2, -0.15) is 5.10 Å². The summed E-state index contributed by atoms with van der Waals surface area (Å²) < 4.78 is 12.6. The van der Waals surface area contributed by atoms with Crippen LogP contribution in [0.1, 0.15) is 34.0 Å². The normalized spacial score (nSPS) is 11.3. The number of hydrogen-bond donors (Lipinski definition) is 2. The molecule has 0 spiro atoms. The van der Waals surface area contributed by atoms with Gasteiger partial charge < -0.3 is 20.1 Å². The molecule has 0 aliphatic heterocycles. The predicted octanol–water partition coefficient (Wildman–Crippen LogP) is 4.65. The number of rotatable bonds is 11. The molecule has 1 aromatic heterocycles. The topological polar surface area (TPSA) is 112 Å². The number of esters is 1. The maximum absolute atomic E-state index is 13.1. The first-order valence-corrected chi connectivity index (χ1v) is 13.0. The predicted molar refractivity (Wildman–Crippen MR) is 150 cm³/mol. The number of nitrogens with zero attached hydrogens (tertiary/aromatic N) is 2. The van der Waals surface area contributed by atoms with Crippen molar-refractivity contribution in [3.63, 3.8) is 0 Å². The zero-order chi connectivity index (χ0) is 28.3. The lowest BCUT2D eigenvalue weighted by atomic mass is 10.0. The van der Waals surface area contributed by atoms with Gasteiger partial charge in [-0.1, -0.05) is 72.8 Å². The minimum atomic E-state index is -1.16. The van der Waals surface area contributed by atoms with Crippen molar-refractivity contribution in [2.24, 2.45) is 0 Å². The van der Waals surface area contributed by atoms with Gasteiger partial charge >= 0.3 is 12.1 Å². The van der Waals surface area contributed by atoms with Gasteiger partial charge in [0.1, 0.15) is 19.3 Å². The Morgan fingerprint density at radius 2 is 1.52 bits per heavy atom. The second-order valence-electron chi connectivity index (χ2n) is 9.13. The van der Waals surface area contributed by atoms with Crippen LogP contribution >= 0.6 is 0 Å². The van der Waals surface area contributed by atoms with Crippen LogP contribution in [0.3, 0.4) is 0 Å². The van der Waals surface area contributed by atoms with Crippen molar-refractivity contribution in [2.75, 3.05) is 6.54 Å². The second-order valence-corrected chi connectivity index (χ2v) is 9.13. The molecule has 9 heteroatoms. The molecule has 2 amide bonds. The van der Waals surface area contributed by atoms with Gasteiger partial charge in [0.2, 0.25) is 0 Å². The van der Waals surface area contributed by atoms with Crippen molar-refractivity contribution in [1.82, 2.24) is 20.4 Å². The van der Waals surface area contributed by atoms with Crippen LogP contribution < -0.4 is 10.6 Å². The summed E-state index contributed by atoms with van der Waals surface area (Å²) in [5, 5.41) is 9.64. The number of hydrogen-bond acceptors (Lipinski definition) is 6. The van der Waals surface area contributed by atoms with Gasteiger partial charge in [-0.05, 0) is 42.7 Å². The fourth-order valence-corrected chi connectivity index (χ4v) is 4.13. The molecular formula is C31H32N4O5. The molecule has 4 aromatic rings. The maximum Gasteiger partial charge on any atom is 0.408 e. The third kappa shape index (κ3) is 7.57. The van der Waals surface area contributed by atoms with Gasteiger partial charge in [-0.25, -0.2) is 9.59 Å². The van der Waals surface area contributed by atoms with Crippen molar-refractivity contribution in [1.29, 1.82) is 0 Å². The molecule has 0 bridgehead atoms. The molecule has 0 saturated carbocycles. The Morgan fingerprint density at radius 3 is 2.17 bits per heavy atom. The van der Waals surface area contributed by atoms with Crippen molar-refractivity contribution in [2.45, 2.75) is 39.6 Å². The quantitative estimate of drug-likeness (QED) is 0.268. The number of benzene rings is 3. The van der Waals surface area contributed by atoms with E-state index < -0.39 is 24.0 Å². The van der Waals surface area contributed by atoms with Crippen molar-refractivity contribution in [3.05, 3.63) is 113 Å². The fourth-order valence-electron chi connectivity index (χ4n) is 4.13. The van der Waals surface area contributed by atoms with E-state index >= 15 is 0 Å². The van der Waals surface area contributed by atoms with Crippen molar-refractivity contribution >= 4 is 18.0 Å². The van der Waals surface area contributed by atoms with Crippen LogP contribution in [0.25, 0.3) is 11.3 Å². The molecule has 0 aliphatic rings. The highest BCUT2D eigenvalue weighted by molar-refractivity contribution is 5.96. The van der Waals surface area contributed by atoms with E-state index in [1.807, 2.05) is 85.3 Å². The third-order valence-corrected chi connectivity index (χ3v) is 6.20. The van der Waals surface area contributed by atoms with Crippen molar-refractivity contribution < 1.29 is 23.9 Å². The summed E-state index contributed by atoms with van der Waals surface area (Å²) in [6.45, 7) is 4.53. The van der Waals surface area contributed by atoms with Gasteiger partial charge in [0.05, 0.1) is 11.9 Å². The van der Waals surface area contributed by atoms with Crippen molar-refractivity contribution in [3.8, 4) is 11.3 Å². The highest BCUT2D eigenvalue weighted by Gasteiger charge is 2.24. The number of ether oxygens (including phenoxy) is 2. The smallest absolute Gasteiger partial charge is 0.408 e. The average Bonchev–Trinajstić information content (AvgIpc) is 3.38. The number of alkyl carbamates (subject to hydrolysis) is 1. The SMILES string of the molecule is CCn1ncc(C)c1-c1cccc(C(=O)NC[C@@H](NC(=O)OCc2ccccc2)C(=O)OCc2ccccc2)c1. The number of carbonyl (C=O) groups excluding carboxylic acids is 3. The first-order valence-electron chi connectivity index (χ1n) is 13.0. The summed E-state index contributed by atoms with van der Waals surface area (Å²) in [6, 6.07) is 24.4. The van der Waals surface area contributed by atoms with Gasteiger partial charge in [0, 0.05) is 24.2 Å². The van der Waals surface area contributed by atoms with E-state index in [0.717, 1.165) is 27.9 Å². The number of nitrogens with one attached hydrogen (secondary N) is 2. The fraction of sp³-hybridized carbons (Fsp3) is 0.226. The maximum atomic E-state index is 13.1. The van der Waals surface area contributed by atoms with E-state index in [-0.39, 0.29) is 19.8 Å². The van der Waals surface area contributed by atoms with E-state index in [9.17, 15) is 14.4 Å². The zero-order valence-electron chi connectivity index (χ0n) is 22.5. The molecule has 3 aromatic carbocycles. The number of amides is 2. The summed E-state index contributed by atoms with van der Waals surface area (Å²) in [5.41, 5.74) is 4.79. The zero-order valence-corrected chi connectivity index (χ0v) is 22.5. The van der Waals surface area contributed by atoms with E-state index in [1.54, 1.807) is 24.4 Å². The van der Waals surface area contributed by atoms with Crippen LogP contribution in [0.15, 0.2) is 91.1 Å². The minimum absolute atomic E-state index is 0.0252. The molecule has 4 rings (SSSR count). The highest BCUT2D eigenvalue weighted by atomic mass is 16.6. The van der Waals surface area contributed by atoms with Gasteiger partial charge in [-0.15, -0.1) is 0 Å². The summed E-state index contributed by atoms with van der Waals surface area (Å²) in [5.74, 6) is -1.10. The molecule has 0 radical (unpaired) electrons. The van der Waals surface area contributed by atoms with Crippen LogP contribution in [-0.4, -0.2) is 40.3 Å². The largest absolute Gasteiger partial charge is 0.459 e. The third-order valence-electron chi connectivity index (χ3n) is 6.20. The molecule has 0 unspecified atom stereocenters. The lowest BCUT2D eigenvalue weighted by Gasteiger charge is -2.18. The molecular weight excluding hydrogens is 508 g/mol. The van der Waals surface area contributed by atoms with Crippen LogP contribution in [0.4, 0.5) is 4.79 Å².